The van der Waals surface area contributed by atoms with Crippen molar-refractivity contribution in [2.75, 3.05) is 0 Å². The van der Waals surface area contributed by atoms with E-state index < -0.39 is 0 Å². The van der Waals surface area contributed by atoms with Gasteiger partial charge in [-0.25, -0.2) is 4.98 Å². The monoisotopic (exact) mass is 337 g/mol. The molecule has 0 aliphatic rings. The van der Waals surface area contributed by atoms with Crippen LogP contribution in [0, 0.1) is 6.92 Å². The van der Waals surface area contributed by atoms with Crippen molar-refractivity contribution in [3.8, 4) is 10.6 Å². The zero-order valence-electron chi connectivity index (χ0n) is 13.5. The summed E-state index contributed by atoms with van der Waals surface area (Å²) in [5.74, 6) is 0.0644. The number of aromatic nitrogens is 2. The van der Waals surface area contributed by atoms with Crippen LogP contribution in [0.15, 0.2) is 54.9 Å². The number of nitrogens with zero attached hydrogens (tertiary/aromatic N) is 2. The molecule has 2 heterocycles. The summed E-state index contributed by atoms with van der Waals surface area (Å²) in [6, 6.07) is 13.9. The fourth-order valence-electron chi connectivity index (χ4n) is 2.37. The van der Waals surface area contributed by atoms with Crippen molar-refractivity contribution >= 4 is 17.2 Å². The molecule has 4 nitrogen and oxygen atoms in total. The Labute approximate surface area is 145 Å². The molecule has 1 aromatic carbocycles. The first-order valence-electron chi connectivity index (χ1n) is 7.89. The van der Waals surface area contributed by atoms with Crippen LogP contribution in [-0.2, 0) is 17.8 Å². The molecule has 0 unspecified atom stereocenters. The summed E-state index contributed by atoms with van der Waals surface area (Å²) in [4.78, 5) is 21.8. The van der Waals surface area contributed by atoms with Gasteiger partial charge in [0.1, 0.15) is 5.01 Å². The zero-order chi connectivity index (χ0) is 16.8. The molecule has 0 aliphatic carbocycles. The molecule has 0 saturated heterocycles. The summed E-state index contributed by atoms with van der Waals surface area (Å²) in [7, 11) is 0. The molecule has 24 heavy (non-hydrogen) atoms. The van der Waals surface area contributed by atoms with Crippen molar-refractivity contribution in [2.45, 2.75) is 26.3 Å². The molecule has 0 bridgehead atoms. The Morgan fingerprint density at radius 3 is 2.75 bits per heavy atom. The number of hydrogen-bond donors (Lipinski definition) is 1. The first-order chi connectivity index (χ1) is 11.7. The van der Waals surface area contributed by atoms with Gasteiger partial charge in [0.15, 0.2) is 0 Å². The molecular weight excluding hydrogens is 318 g/mol. The first-order valence-corrected chi connectivity index (χ1v) is 8.71. The van der Waals surface area contributed by atoms with Gasteiger partial charge in [-0.05, 0) is 31.0 Å². The summed E-state index contributed by atoms with van der Waals surface area (Å²) < 4.78 is 0. The van der Waals surface area contributed by atoms with Crippen molar-refractivity contribution in [1.82, 2.24) is 15.3 Å². The first kappa shape index (κ1) is 16.3. The van der Waals surface area contributed by atoms with E-state index in [1.165, 1.54) is 5.56 Å². The van der Waals surface area contributed by atoms with Crippen LogP contribution >= 0.6 is 11.3 Å². The topological polar surface area (TPSA) is 54.9 Å². The standard InChI is InChI=1S/C19H19N3OS/c1-14-17(24-19(22-14)16-8-5-11-20-12-16)13-21-18(23)10-9-15-6-3-2-4-7-15/h2-8,11-12H,9-10,13H2,1H3,(H,21,23). The number of hydrogen-bond acceptors (Lipinski definition) is 4. The van der Waals surface area contributed by atoms with Crippen LogP contribution in [0.4, 0.5) is 0 Å². The summed E-state index contributed by atoms with van der Waals surface area (Å²) in [5, 5.41) is 3.93. The number of nitrogens with one attached hydrogen (secondary N) is 1. The van der Waals surface area contributed by atoms with Gasteiger partial charge in [0.25, 0.3) is 0 Å². The summed E-state index contributed by atoms with van der Waals surface area (Å²) >= 11 is 1.60. The molecule has 1 amide bonds. The lowest BCUT2D eigenvalue weighted by molar-refractivity contribution is -0.121. The Bertz CT molecular complexity index is 800. The van der Waals surface area contributed by atoms with Crippen LogP contribution in [-0.4, -0.2) is 15.9 Å². The Balaban J connectivity index is 1.55. The predicted octanol–water partition coefficient (Wildman–Crippen LogP) is 3.76. The number of aryl methyl sites for hydroxylation is 2. The minimum absolute atomic E-state index is 0.0644. The maximum atomic E-state index is 12.0. The third kappa shape index (κ3) is 4.26. The number of pyridine rings is 1. The number of carbonyl (C=O) groups excluding carboxylic acids is 1. The third-order valence-electron chi connectivity index (χ3n) is 3.73. The fourth-order valence-corrected chi connectivity index (χ4v) is 3.37. The summed E-state index contributed by atoms with van der Waals surface area (Å²) in [6.07, 6.45) is 4.81. The number of carbonyl (C=O) groups is 1. The number of benzene rings is 1. The van der Waals surface area contributed by atoms with Gasteiger partial charge in [0.2, 0.25) is 5.91 Å². The minimum Gasteiger partial charge on any atom is -0.351 e. The Morgan fingerprint density at radius 1 is 1.17 bits per heavy atom. The lowest BCUT2D eigenvalue weighted by atomic mass is 10.1. The molecule has 3 aromatic rings. The summed E-state index contributed by atoms with van der Waals surface area (Å²) in [6.45, 7) is 2.50. The maximum absolute atomic E-state index is 12.0. The molecule has 0 atom stereocenters. The van der Waals surface area contributed by atoms with E-state index in [0.717, 1.165) is 27.6 Å². The molecule has 0 fully saturated rings. The average molecular weight is 337 g/mol. The van der Waals surface area contributed by atoms with Gasteiger partial charge in [-0.1, -0.05) is 30.3 Å². The lowest BCUT2D eigenvalue weighted by Crippen LogP contribution is -2.22. The van der Waals surface area contributed by atoms with E-state index in [-0.39, 0.29) is 5.91 Å². The van der Waals surface area contributed by atoms with Crippen LogP contribution < -0.4 is 5.32 Å². The Morgan fingerprint density at radius 2 is 2.00 bits per heavy atom. The highest BCUT2D eigenvalue weighted by Crippen LogP contribution is 2.27. The zero-order valence-corrected chi connectivity index (χ0v) is 14.3. The molecule has 1 N–H and O–H groups in total. The van der Waals surface area contributed by atoms with E-state index in [1.807, 2.05) is 49.4 Å². The largest absolute Gasteiger partial charge is 0.351 e. The Kier molecular flexibility index (Phi) is 5.33. The normalized spacial score (nSPS) is 10.5. The smallest absolute Gasteiger partial charge is 0.220 e. The second-order valence-corrected chi connectivity index (χ2v) is 6.62. The van der Waals surface area contributed by atoms with E-state index in [2.05, 4.69) is 15.3 Å². The molecule has 5 heteroatoms. The van der Waals surface area contributed by atoms with Crippen LogP contribution in [0.1, 0.15) is 22.6 Å². The molecule has 0 spiro atoms. The molecule has 3 rings (SSSR count). The van der Waals surface area contributed by atoms with Crippen molar-refractivity contribution in [1.29, 1.82) is 0 Å². The highest BCUT2D eigenvalue weighted by Gasteiger charge is 2.10. The maximum Gasteiger partial charge on any atom is 0.220 e. The van der Waals surface area contributed by atoms with Crippen molar-refractivity contribution in [2.24, 2.45) is 0 Å². The fraction of sp³-hybridized carbons (Fsp3) is 0.211. The van der Waals surface area contributed by atoms with Crippen molar-refractivity contribution < 1.29 is 4.79 Å². The van der Waals surface area contributed by atoms with Gasteiger partial charge in [0.05, 0.1) is 12.2 Å². The number of rotatable bonds is 6. The second-order valence-electron chi connectivity index (χ2n) is 5.53. The second kappa shape index (κ2) is 7.84. The van der Waals surface area contributed by atoms with Gasteiger partial charge >= 0.3 is 0 Å². The van der Waals surface area contributed by atoms with E-state index in [9.17, 15) is 4.79 Å². The van der Waals surface area contributed by atoms with Gasteiger partial charge in [0, 0.05) is 29.3 Å². The van der Waals surface area contributed by atoms with Gasteiger partial charge in [-0.3, -0.25) is 9.78 Å². The van der Waals surface area contributed by atoms with E-state index in [1.54, 1.807) is 23.7 Å². The number of amides is 1. The summed E-state index contributed by atoms with van der Waals surface area (Å²) in [5.41, 5.74) is 3.15. The van der Waals surface area contributed by atoms with Crippen LogP contribution in [0.5, 0.6) is 0 Å². The van der Waals surface area contributed by atoms with Crippen molar-refractivity contribution in [3.63, 3.8) is 0 Å². The minimum atomic E-state index is 0.0644. The molecule has 122 valence electrons. The van der Waals surface area contributed by atoms with E-state index >= 15 is 0 Å². The molecular formula is C19H19N3OS. The van der Waals surface area contributed by atoms with Crippen molar-refractivity contribution in [3.05, 3.63) is 71.0 Å². The predicted molar refractivity (Wildman–Crippen MR) is 96.7 cm³/mol. The lowest BCUT2D eigenvalue weighted by Gasteiger charge is -2.04. The van der Waals surface area contributed by atoms with Gasteiger partial charge in [-0.15, -0.1) is 11.3 Å². The highest BCUT2D eigenvalue weighted by molar-refractivity contribution is 7.15. The van der Waals surface area contributed by atoms with E-state index in [0.29, 0.717) is 13.0 Å². The van der Waals surface area contributed by atoms with Gasteiger partial charge < -0.3 is 5.32 Å². The Hall–Kier alpha value is -2.53. The molecule has 0 saturated carbocycles. The molecule has 0 aliphatic heterocycles. The van der Waals surface area contributed by atoms with Gasteiger partial charge in [-0.2, -0.15) is 0 Å². The van der Waals surface area contributed by atoms with Crippen LogP contribution in [0.25, 0.3) is 10.6 Å². The highest BCUT2D eigenvalue weighted by atomic mass is 32.1. The third-order valence-corrected chi connectivity index (χ3v) is 4.94. The molecule has 0 radical (unpaired) electrons. The SMILES string of the molecule is Cc1nc(-c2cccnc2)sc1CNC(=O)CCc1ccccc1. The van der Waals surface area contributed by atoms with E-state index in [4.69, 9.17) is 0 Å². The quantitative estimate of drug-likeness (QED) is 0.745. The van der Waals surface area contributed by atoms with Crippen LogP contribution in [0.2, 0.25) is 0 Å². The molecule has 2 aromatic heterocycles. The number of thiazole rings is 1. The van der Waals surface area contributed by atoms with Crippen LogP contribution in [0.3, 0.4) is 0 Å². The average Bonchev–Trinajstić information content (AvgIpc) is 3.01.